The highest BCUT2D eigenvalue weighted by atomic mass is 19.4. The fraction of sp³-hybridized carbons (Fsp3) is 0.500. The van der Waals surface area contributed by atoms with Crippen LogP contribution in [0.3, 0.4) is 0 Å². The molecule has 3 aliphatic rings. The van der Waals surface area contributed by atoms with Crippen LogP contribution in [-0.2, 0) is 28.1 Å². The minimum absolute atomic E-state index is 0.167. The lowest BCUT2D eigenvalue weighted by Gasteiger charge is -2.34. The van der Waals surface area contributed by atoms with Gasteiger partial charge in [0.15, 0.2) is 5.75 Å². The molecule has 1 aliphatic carbocycles. The van der Waals surface area contributed by atoms with E-state index < -0.39 is 17.1 Å². The van der Waals surface area contributed by atoms with Gasteiger partial charge in [-0.1, -0.05) is 6.07 Å². The van der Waals surface area contributed by atoms with Crippen molar-refractivity contribution in [2.75, 3.05) is 25.0 Å². The number of fused-ring (bicyclic) bond motifs is 2. The van der Waals surface area contributed by atoms with Crippen molar-refractivity contribution in [2.45, 2.75) is 50.0 Å². The lowest BCUT2D eigenvalue weighted by Crippen LogP contribution is -2.40. The van der Waals surface area contributed by atoms with Crippen LogP contribution in [0, 0.1) is 10.1 Å². The standard InChI is InChI=1S/C20H23N5O4.C2HF3O2/c26-17-7-13(1-4-16(17)25(27)28)9-24-6-5-20(11-24)12-29-10-14-8-21-19(23-18(14)20)22-15-2-3-15;3-2(4,5)1(6)7/h1,4,7-8,15,26H,2-3,5-6,9-12H2,(H,21,22,23);(H,6,7). The number of rotatable bonds is 5. The number of hydrogen-bond donors (Lipinski definition) is 3. The zero-order chi connectivity index (χ0) is 26.1. The monoisotopic (exact) mass is 511 g/mol. The van der Waals surface area contributed by atoms with Crippen LogP contribution < -0.4 is 5.32 Å². The van der Waals surface area contributed by atoms with Gasteiger partial charge in [0.05, 0.1) is 29.2 Å². The molecule has 14 heteroatoms. The SMILES string of the molecule is O=C(O)C(F)(F)F.O=[N+]([O-])c1ccc(CN2CCC3(COCc4cnc(NC5CC5)nc43)C2)cc1O. The number of anilines is 1. The van der Waals surface area contributed by atoms with E-state index in [1.807, 2.05) is 6.20 Å². The molecule has 2 aliphatic heterocycles. The molecule has 1 saturated heterocycles. The molecule has 1 aromatic carbocycles. The first-order chi connectivity index (χ1) is 17.0. The van der Waals surface area contributed by atoms with Gasteiger partial charge in [0.25, 0.3) is 0 Å². The van der Waals surface area contributed by atoms with Crippen molar-refractivity contribution in [1.82, 2.24) is 14.9 Å². The Morgan fingerprint density at radius 1 is 1.36 bits per heavy atom. The van der Waals surface area contributed by atoms with Crippen LogP contribution in [0.25, 0.3) is 0 Å². The van der Waals surface area contributed by atoms with E-state index in [-0.39, 0.29) is 16.9 Å². The van der Waals surface area contributed by atoms with Crippen LogP contribution in [0.4, 0.5) is 24.8 Å². The largest absolute Gasteiger partial charge is 0.502 e. The Kier molecular flexibility index (Phi) is 7.00. The molecule has 1 spiro atoms. The molecule has 1 unspecified atom stereocenters. The van der Waals surface area contributed by atoms with Gasteiger partial charge in [-0.15, -0.1) is 0 Å². The summed E-state index contributed by atoms with van der Waals surface area (Å²) in [4.78, 5) is 30.8. The number of alkyl halides is 3. The first kappa shape index (κ1) is 25.6. The van der Waals surface area contributed by atoms with Crippen molar-refractivity contribution in [3.8, 4) is 5.75 Å². The lowest BCUT2D eigenvalue weighted by atomic mass is 9.80. The average Bonchev–Trinajstić information content (AvgIpc) is 3.53. The lowest BCUT2D eigenvalue weighted by molar-refractivity contribution is -0.385. The van der Waals surface area contributed by atoms with Crippen molar-refractivity contribution >= 4 is 17.6 Å². The third-order valence-corrected chi connectivity index (χ3v) is 6.23. The molecule has 2 fully saturated rings. The Bertz CT molecular complexity index is 1160. The van der Waals surface area contributed by atoms with E-state index in [0.717, 1.165) is 36.3 Å². The zero-order valence-corrected chi connectivity index (χ0v) is 19.0. The zero-order valence-electron chi connectivity index (χ0n) is 19.0. The van der Waals surface area contributed by atoms with E-state index in [4.69, 9.17) is 19.6 Å². The van der Waals surface area contributed by atoms with E-state index in [9.17, 15) is 28.4 Å². The number of carboxylic acid groups (broad SMARTS) is 1. The molecular weight excluding hydrogens is 487 g/mol. The van der Waals surface area contributed by atoms with Gasteiger partial charge >= 0.3 is 17.8 Å². The Balaban J connectivity index is 0.000000384. The fourth-order valence-corrected chi connectivity index (χ4v) is 4.36. The molecule has 1 aromatic heterocycles. The molecule has 1 saturated carbocycles. The molecule has 2 aromatic rings. The first-order valence-corrected chi connectivity index (χ1v) is 11.2. The molecule has 1 atom stereocenters. The predicted octanol–water partition coefficient (Wildman–Crippen LogP) is 2.97. The second-order valence-corrected chi connectivity index (χ2v) is 9.10. The number of halogens is 3. The maximum Gasteiger partial charge on any atom is 0.490 e. The highest BCUT2D eigenvalue weighted by molar-refractivity contribution is 5.73. The summed E-state index contributed by atoms with van der Waals surface area (Å²) in [5.74, 6) is -2.35. The number of nitro groups is 1. The number of ether oxygens (including phenoxy) is 1. The fourth-order valence-electron chi connectivity index (χ4n) is 4.36. The first-order valence-electron chi connectivity index (χ1n) is 11.2. The van der Waals surface area contributed by atoms with Gasteiger partial charge in [0.1, 0.15) is 0 Å². The second-order valence-electron chi connectivity index (χ2n) is 9.10. The van der Waals surface area contributed by atoms with Crippen LogP contribution in [0.2, 0.25) is 0 Å². The summed E-state index contributed by atoms with van der Waals surface area (Å²) >= 11 is 0. The summed E-state index contributed by atoms with van der Waals surface area (Å²) in [6.07, 6.45) is 0.0684. The Morgan fingerprint density at radius 2 is 2.08 bits per heavy atom. The molecular formula is C22H24F3N5O6. The molecule has 5 rings (SSSR count). The summed E-state index contributed by atoms with van der Waals surface area (Å²) in [5.41, 5.74) is 2.54. The van der Waals surface area contributed by atoms with Crippen LogP contribution in [0.15, 0.2) is 24.4 Å². The number of nitro benzene ring substituents is 1. The second kappa shape index (κ2) is 9.85. The van der Waals surface area contributed by atoms with Crippen molar-refractivity contribution in [3.05, 3.63) is 51.3 Å². The van der Waals surface area contributed by atoms with E-state index in [0.29, 0.717) is 31.7 Å². The summed E-state index contributed by atoms with van der Waals surface area (Å²) in [7, 11) is 0. The van der Waals surface area contributed by atoms with E-state index in [2.05, 4.69) is 15.2 Å². The molecule has 11 nitrogen and oxygen atoms in total. The Labute approximate surface area is 203 Å². The quantitative estimate of drug-likeness (QED) is 0.404. The van der Waals surface area contributed by atoms with Gasteiger partial charge in [-0.3, -0.25) is 15.0 Å². The van der Waals surface area contributed by atoms with Crippen molar-refractivity contribution in [3.63, 3.8) is 0 Å². The number of nitrogens with one attached hydrogen (secondary N) is 1. The van der Waals surface area contributed by atoms with Crippen LogP contribution >= 0.6 is 0 Å². The van der Waals surface area contributed by atoms with Gasteiger partial charge in [-0.05, 0) is 37.4 Å². The summed E-state index contributed by atoms with van der Waals surface area (Å²) < 4.78 is 37.6. The van der Waals surface area contributed by atoms with Crippen molar-refractivity contribution in [2.24, 2.45) is 0 Å². The molecule has 0 amide bonds. The van der Waals surface area contributed by atoms with Gasteiger partial charge in [0.2, 0.25) is 5.95 Å². The smallest absolute Gasteiger partial charge is 0.490 e. The number of hydrogen-bond acceptors (Lipinski definition) is 9. The molecule has 3 N–H and O–H groups in total. The molecule has 0 bridgehead atoms. The number of phenolic OH excluding ortho intramolecular Hbond substituents is 1. The third kappa shape index (κ3) is 5.82. The number of carboxylic acids is 1. The highest BCUT2D eigenvalue weighted by Crippen LogP contribution is 2.40. The molecule has 36 heavy (non-hydrogen) atoms. The minimum Gasteiger partial charge on any atom is -0.502 e. The van der Waals surface area contributed by atoms with Gasteiger partial charge in [0, 0.05) is 37.0 Å². The number of likely N-dealkylation sites (tertiary alicyclic amines) is 1. The molecule has 3 heterocycles. The third-order valence-electron chi connectivity index (χ3n) is 6.23. The van der Waals surface area contributed by atoms with Gasteiger partial charge in [-0.2, -0.15) is 13.2 Å². The van der Waals surface area contributed by atoms with E-state index in [1.54, 1.807) is 6.07 Å². The Hall–Kier alpha value is -3.52. The van der Waals surface area contributed by atoms with Crippen molar-refractivity contribution < 1.29 is 37.8 Å². The van der Waals surface area contributed by atoms with Crippen LogP contribution in [0.5, 0.6) is 5.75 Å². The average molecular weight is 511 g/mol. The van der Waals surface area contributed by atoms with Gasteiger partial charge < -0.3 is 20.3 Å². The van der Waals surface area contributed by atoms with Crippen molar-refractivity contribution in [1.29, 1.82) is 0 Å². The van der Waals surface area contributed by atoms with Crippen LogP contribution in [-0.4, -0.2) is 67.9 Å². The number of aromatic nitrogens is 2. The number of benzene rings is 1. The minimum atomic E-state index is -5.08. The number of phenols is 1. The Morgan fingerprint density at radius 3 is 2.69 bits per heavy atom. The summed E-state index contributed by atoms with van der Waals surface area (Å²) in [6.45, 7) is 3.44. The maximum atomic E-state index is 10.9. The maximum absolute atomic E-state index is 10.9. The van der Waals surface area contributed by atoms with Crippen LogP contribution in [0.1, 0.15) is 36.1 Å². The summed E-state index contributed by atoms with van der Waals surface area (Å²) in [5, 5.41) is 31.3. The van der Waals surface area contributed by atoms with Gasteiger partial charge in [-0.25, -0.2) is 14.8 Å². The number of aromatic hydroxyl groups is 1. The topological polar surface area (TPSA) is 151 Å². The van der Waals surface area contributed by atoms with E-state index in [1.165, 1.54) is 25.0 Å². The van der Waals surface area contributed by atoms with E-state index >= 15 is 0 Å². The number of nitrogens with zero attached hydrogens (tertiary/aromatic N) is 4. The predicted molar refractivity (Wildman–Crippen MR) is 118 cm³/mol. The molecule has 194 valence electrons. The number of aliphatic carboxylic acids is 1. The summed E-state index contributed by atoms with van der Waals surface area (Å²) in [6, 6.07) is 5.04. The number of carbonyl (C=O) groups is 1. The highest BCUT2D eigenvalue weighted by Gasteiger charge is 2.45. The molecule has 0 radical (unpaired) electrons. The normalized spacial score (nSPS) is 21.4.